The van der Waals surface area contributed by atoms with Crippen LogP contribution in [0.15, 0.2) is 42.5 Å². The topological polar surface area (TPSA) is 53.9 Å². The van der Waals surface area contributed by atoms with Crippen LogP contribution in [0.5, 0.6) is 0 Å². The van der Waals surface area contributed by atoms with Gasteiger partial charge in [0.05, 0.1) is 7.05 Å². The molecule has 142 valence electrons. The monoisotopic (exact) mass is 366 g/mol. The first-order chi connectivity index (χ1) is 12.9. The number of carbonyl (C=O) groups excluding carboxylic acids is 2. The number of nitrogens with one attached hydrogen (secondary N) is 2. The van der Waals surface area contributed by atoms with E-state index in [2.05, 4.69) is 17.4 Å². The minimum atomic E-state index is -0.0713. The van der Waals surface area contributed by atoms with Crippen LogP contribution >= 0.6 is 0 Å². The maximum Gasteiger partial charge on any atom is 0.279 e. The molecule has 1 heterocycles. The van der Waals surface area contributed by atoms with E-state index >= 15 is 0 Å². The lowest BCUT2D eigenvalue weighted by atomic mass is 10.00. The van der Waals surface area contributed by atoms with Gasteiger partial charge in [-0.1, -0.05) is 36.4 Å². The Kier molecular flexibility index (Phi) is 5.91. The van der Waals surface area contributed by atoms with Crippen molar-refractivity contribution in [2.45, 2.75) is 26.8 Å². The summed E-state index contributed by atoms with van der Waals surface area (Å²) in [5, 5.41) is 2.96. The number of anilines is 1. The van der Waals surface area contributed by atoms with Crippen molar-refractivity contribution in [1.82, 2.24) is 4.90 Å². The second-order valence-corrected chi connectivity index (χ2v) is 7.44. The summed E-state index contributed by atoms with van der Waals surface area (Å²) in [7, 11) is 1.89. The number of fused-ring (bicyclic) bond motifs is 1. The van der Waals surface area contributed by atoms with Crippen LogP contribution in [-0.4, -0.2) is 43.4 Å². The third-order valence-corrected chi connectivity index (χ3v) is 5.28. The third kappa shape index (κ3) is 4.74. The van der Waals surface area contributed by atoms with Gasteiger partial charge in [0.25, 0.3) is 11.8 Å². The number of likely N-dealkylation sites (N-methyl/N-ethyl adjacent to an activating group) is 1. The Balaban J connectivity index is 1.51. The average Bonchev–Trinajstić information content (AvgIpc) is 2.64. The molecule has 2 aromatic rings. The molecule has 0 bridgehead atoms. The van der Waals surface area contributed by atoms with Gasteiger partial charge in [0, 0.05) is 18.8 Å². The number of nitrogens with zero attached hydrogens (tertiary/aromatic N) is 1. The maximum absolute atomic E-state index is 12.6. The third-order valence-electron chi connectivity index (χ3n) is 5.28. The second-order valence-electron chi connectivity index (χ2n) is 7.44. The Morgan fingerprint density at radius 1 is 1.04 bits per heavy atom. The van der Waals surface area contributed by atoms with Crippen molar-refractivity contribution >= 4 is 17.5 Å². The molecule has 0 radical (unpaired) electrons. The van der Waals surface area contributed by atoms with E-state index < -0.39 is 0 Å². The largest absolute Gasteiger partial charge is 0.333 e. The number of hydrogen-bond acceptors (Lipinski definition) is 2. The zero-order chi connectivity index (χ0) is 19.4. The van der Waals surface area contributed by atoms with Crippen molar-refractivity contribution in [3.63, 3.8) is 0 Å². The van der Waals surface area contributed by atoms with E-state index in [1.165, 1.54) is 11.1 Å². The van der Waals surface area contributed by atoms with Gasteiger partial charge in [-0.25, -0.2) is 0 Å². The smallest absolute Gasteiger partial charge is 0.279 e. The minimum absolute atomic E-state index is 0.0713. The summed E-state index contributed by atoms with van der Waals surface area (Å²) in [6, 6.07) is 14.1. The number of amides is 2. The van der Waals surface area contributed by atoms with Crippen molar-refractivity contribution in [2.24, 2.45) is 0 Å². The predicted molar refractivity (Wildman–Crippen MR) is 107 cm³/mol. The molecule has 0 aromatic heterocycles. The molecule has 5 heteroatoms. The van der Waals surface area contributed by atoms with E-state index in [1.54, 1.807) is 0 Å². The van der Waals surface area contributed by atoms with E-state index in [4.69, 9.17) is 0 Å². The van der Waals surface area contributed by atoms with Crippen LogP contribution in [0.1, 0.15) is 22.3 Å². The van der Waals surface area contributed by atoms with Crippen molar-refractivity contribution in [2.75, 3.05) is 32.0 Å². The highest BCUT2D eigenvalue weighted by Crippen LogP contribution is 2.18. The van der Waals surface area contributed by atoms with Crippen LogP contribution in [0.3, 0.4) is 0 Å². The summed E-state index contributed by atoms with van der Waals surface area (Å²) in [5.41, 5.74) is 5.62. The molecule has 1 aliphatic rings. The molecule has 1 atom stereocenters. The Labute approximate surface area is 161 Å². The molecule has 2 N–H and O–H groups in total. The van der Waals surface area contributed by atoms with Crippen LogP contribution in [0.4, 0.5) is 5.69 Å². The molecule has 1 aliphatic heterocycles. The lowest BCUT2D eigenvalue weighted by Gasteiger charge is -2.29. The van der Waals surface area contributed by atoms with E-state index in [9.17, 15) is 9.59 Å². The van der Waals surface area contributed by atoms with Crippen LogP contribution < -0.4 is 10.2 Å². The molecule has 5 nitrogen and oxygen atoms in total. The van der Waals surface area contributed by atoms with Crippen LogP contribution in [0.25, 0.3) is 0 Å². The summed E-state index contributed by atoms with van der Waals surface area (Å²) < 4.78 is 0. The zero-order valence-electron chi connectivity index (χ0n) is 16.3. The van der Waals surface area contributed by atoms with Crippen molar-refractivity contribution < 1.29 is 14.5 Å². The van der Waals surface area contributed by atoms with E-state index in [0.717, 1.165) is 34.7 Å². The summed E-state index contributed by atoms with van der Waals surface area (Å²) in [4.78, 5) is 27.8. The molecule has 2 amide bonds. The first-order valence-corrected chi connectivity index (χ1v) is 9.46. The normalized spacial score (nSPS) is 14.4. The van der Waals surface area contributed by atoms with Gasteiger partial charge in [-0.3, -0.25) is 9.59 Å². The fourth-order valence-electron chi connectivity index (χ4n) is 3.50. The first-order valence-electron chi connectivity index (χ1n) is 9.46. The van der Waals surface area contributed by atoms with Crippen LogP contribution in [0.2, 0.25) is 0 Å². The number of aryl methyl sites for hydroxylation is 1. The van der Waals surface area contributed by atoms with Gasteiger partial charge in [0.1, 0.15) is 0 Å². The van der Waals surface area contributed by atoms with E-state index in [-0.39, 0.29) is 18.4 Å². The minimum Gasteiger partial charge on any atom is -0.333 e. The number of quaternary nitrogens is 1. The van der Waals surface area contributed by atoms with Gasteiger partial charge in [-0.2, -0.15) is 0 Å². The molecule has 0 aliphatic carbocycles. The Bertz CT molecular complexity index is 847. The molecule has 0 saturated heterocycles. The van der Waals surface area contributed by atoms with Gasteiger partial charge >= 0.3 is 0 Å². The van der Waals surface area contributed by atoms with Gasteiger partial charge in [-0.05, 0) is 48.6 Å². The molecule has 0 spiro atoms. The quantitative estimate of drug-likeness (QED) is 0.839. The number of carbonyl (C=O) groups is 2. The molecule has 1 unspecified atom stereocenters. The van der Waals surface area contributed by atoms with Gasteiger partial charge < -0.3 is 15.1 Å². The van der Waals surface area contributed by atoms with Crippen molar-refractivity contribution in [3.05, 3.63) is 64.7 Å². The number of hydrogen-bond donors (Lipinski definition) is 2. The summed E-state index contributed by atoms with van der Waals surface area (Å²) in [5.74, 6) is 0.0273. The molecular formula is C22H28N3O2+. The molecule has 0 fully saturated rings. The van der Waals surface area contributed by atoms with Gasteiger partial charge in [0.15, 0.2) is 13.1 Å². The van der Waals surface area contributed by atoms with E-state index in [1.807, 2.05) is 56.1 Å². The number of benzene rings is 2. The highest BCUT2D eigenvalue weighted by atomic mass is 16.2. The van der Waals surface area contributed by atoms with Crippen molar-refractivity contribution in [3.8, 4) is 0 Å². The molecule has 0 saturated carbocycles. The Morgan fingerprint density at radius 3 is 2.56 bits per heavy atom. The van der Waals surface area contributed by atoms with Gasteiger partial charge in [-0.15, -0.1) is 0 Å². The Morgan fingerprint density at radius 2 is 1.78 bits per heavy atom. The Hall–Kier alpha value is -2.66. The molecule has 2 aromatic carbocycles. The predicted octanol–water partition coefficient (Wildman–Crippen LogP) is 1.34. The van der Waals surface area contributed by atoms with Crippen LogP contribution in [-0.2, 0) is 22.6 Å². The lowest BCUT2D eigenvalue weighted by Crippen LogP contribution is -3.11. The highest BCUT2D eigenvalue weighted by Gasteiger charge is 2.23. The standard InChI is InChI=1S/C22H27N3O2/c1-16-7-6-10-20(17(16)2)23-21(26)14-24(3)15-22(27)25-12-11-18-8-4-5-9-19(18)13-25/h4-10H,11-15H2,1-3H3,(H,23,26)/p+1. The summed E-state index contributed by atoms with van der Waals surface area (Å²) >= 11 is 0. The molecular weight excluding hydrogens is 338 g/mol. The van der Waals surface area contributed by atoms with Crippen molar-refractivity contribution in [1.29, 1.82) is 0 Å². The van der Waals surface area contributed by atoms with Gasteiger partial charge in [0.2, 0.25) is 0 Å². The maximum atomic E-state index is 12.6. The first kappa shape index (κ1) is 19.1. The fraction of sp³-hybridized carbons (Fsp3) is 0.364. The molecule has 3 rings (SSSR count). The average molecular weight is 366 g/mol. The summed E-state index contributed by atoms with van der Waals surface area (Å²) in [6.07, 6.45) is 0.897. The molecule has 27 heavy (non-hydrogen) atoms. The highest BCUT2D eigenvalue weighted by molar-refractivity contribution is 5.92. The second kappa shape index (κ2) is 8.35. The number of rotatable bonds is 5. The fourth-order valence-corrected chi connectivity index (χ4v) is 3.50. The van der Waals surface area contributed by atoms with Crippen LogP contribution in [0, 0.1) is 13.8 Å². The lowest BCUT2D eigenvalue weighted by molar-refractivity contribution is -0.862. The van der Waals surface area contributed by atoms with E-state index in [0.29, 0.717) is 13.1 Å². The summed E-state index contributed by atoms with van der Waals surface area (Å²) in [6.45, 7) is 6.03. The zero-order valence-corrected chi connectivity index (χ0v) is 16.3. The SMILES string of the molecule is Cc1cccc(NC(=O)C[NH+](C)CC(=O)N2CCc3ccccc3C2)c1C.